The van der Waals surface area contributed by atoms with Crippen molar-refractivity contribution < 1.29 is 14.2 Å². The van der Waals surface area contributed by atoms with Gasteiger partial charge in [0.2, 0.25) is 5.89 Å². The van der Waals surface area contributed by atoms with Crippen molar-refractivity contribution in [3.8, 4) is 22.6 Å². The largest absolute Gasteiger partial charge is 0.436 e. The molecule has 0 fully saturated rings. The molecule has 151 valence electrons. The topological polar surface area (TPSA) is 55.5 Å². The lowest BCUT2D eigenvalue weighted by molar-refractivity contribution is -0.0893. The lowest BCUT2D eigenvalue weighted by atomic mass is 9.81. The fourth-order valence-electron chi connectivity index (χ4n) is 2.98. The first kappa shape index (κ1) is 20.4. The average Bonchev–Trinajstić information content (AvgIpc) is 3.16. The molecule has 1 aromatic heterocycles. The summed E-state index contributed by atoms with van der Waals surface area (Å²) in [7, 11) is 1.70. The summed E-state index contributed by atoms with van der Waals surface area (Å²) in [5.41, 5.74) is 3.93. The second-order valence-electron chi connectivity index (χ2n) is 8.50. The van der Waals surface area contributed by atoms with Crippen LogP contribution in [0.25, 0.3) is 33.7 Å². The van der Waals surface area contributed by atoms with E-state index in [1.54, 1.807) is 21.3 Å². The van der Waals surface area contributed by atoms with Gasteiger partial charge >= 0.3 is 7.48 Å². The SMILES string of the molecule is CC(C)(O)C(C)(C)O[B]c1cccc(-c2cccc(-c3nc4ccccc4o3)c2)c1. The Bertz CT molecular complexity index is 1140. The normalized spacial score (nSPS) is 12.3. The van der Waals surface area contributed by atoms with Crippen molar-refractivity contribution in [1.82, 2.24) is 4.98 Å². The highest BCUT2D eigenvalue weighted by atomic mass is 16.5. The Morgan fingerprint density at radius 1 is 0.833 bits per heavy atom. The highest BCUT2D eigenvalue weighted by Crippen LogP contribution is 2.28. The standard InChI is InChI=1S/C25H25BNO3/c1-24(2,28)25(3,4)30-26-20-12-8-10-18(16-20)17-9-7-11-19(15-17)23-27-21-13-5-6-14-22(21)29-23/h5-16,28H,1-4H3. The number of nitrogens with zero attached hydrogens (tertiary/aromatic N) is 1. The number of aromatic nitrogens is 1. The minimum atomic E-state index is -0.963. The van der Waals surface area contributed by atoms with Crippen LogP contribution in [0.1, 0.15) is 27.7 Å². The molecule has 0 bridgehead atoms. The molecule has 4 aromatic rings. The lowest BCUT2D eigenvalue weighted by Gasteiger charge is -2.37. The zero-order valence-corrected chi connectivity index (χ0v) is 17.7. The molecule has 4 nitrogen and oxygen atoms in total. The van der Waals surface area contributed by atoms with Gasteiger partial charge in [-0.1, -0.05) is 54.0 Å². The van der Waals surface area contributed by atoms with Gasteiger partial charge in [0.15, 0.2) is 5.58 Å². The maximum Gasteiger partial charge on any atom is 0.330 e. The van der Waals surface area contributed by atoms with Crippen molar-refractivity contribution in [2.24, 2.45) is 0 Å². The molecule has 0 unspecified atom stereocenters. The number of fused-ring (bicyclic) bond motifs is 1. The molecule has 0 saturated heterocycles. The van der Waals surface area contributed by atoms with Crippen LogP contribution in [0.3, 0.4) is 0 Å². The van der Waals surface area contributed by atoms with Crippen molar-refractivity contribution >= 4 is 24.0 Å². The average molecular weight is 398 g/mol. The van der Waals surface area contributed by atoms with E-state index in [0.717, 1.165) is 33.3 Å². The molecule has 0 aliphatic heterocycles. The number of rotatable bonds is 6. The predicted octanol–water partition coefficient (Wildman–Crippen LogP) is 4.97. The van der Waals surface area contributed by atoms with Crippen LogP contribution in [-0.4, -0.2) is 28.8 Å². The van der Waals surface area contributed by atoms with Crippen LogP contribution in [0.15, 0.2) is 77.2 Å². The minimum absolute atomic E-state index is 0.607. The van der Waals surface area contributed by atoms with Crippen LogP contribution in [-0.2, 0) is 4.65 Å². The summed E-state index contributed by atoms with van der Waals surface area (Å²) >= 11 is 0. The van der Waals surface area contributed by atoms with Gasteiger partial charge in [0.05, 0.1) is 11.2 Å². The molecule has 0 amide bonds. The van der Waals surface area contributed by atoms with E-state index in [4.69, 9.17) is 9.07 Å². The second-order valence-corrected chi connectivity index (χ2v) is 8.50. The molecule has 0 aliphatic rings. The summed E-state index contributed by atoms with van der Waals surface area (Å²) in [5.74, 6) is 0.607. The van der Waals surface area contributed by atoms with Crippen LogP contribution < -0.4 is 5.46 Å². The first-order valence-corrected chi connectivity index (χ1v) is 10.0. The highest BCUT2D eigenvalue weighted by molar-refractivity contribution is 6.47. The van der Waals surface area contributed by atoms with Gasteiger partial charge in [-0.15, -0.1) is 0 Å². The Morgan fingerprint density at radius 2 is 1.50 bits per heavy atom. The Kier molecular flexibility index (Phi) is 5.26. The van der Waals surface area contributed by atoms with Gasteiger partial charge in [-0.05, 0) is 63.1 Å². The molecule has 3 aromatic carbocycles. The number of hydrogen-bond acceptors (Lipinski definition) is 4. The number of oxazole rings is 1. The summed E-state index contributed by atoms with van der Waals surface area (Å²) in [4.78, 5) is 4.60. The van der Waals surface area contributed by atoms with E-state index >= 15 is 0 Å². The van der Waals surface area contributed by atoms with E-state index in [-0.39, 0.29) is 0 Å². The van der Waals surface area contributed by atoms with Crippen LogP contribution in [0, 0.1) is 0 Å². The molecule has 1 N–H and O–H groups in total. The Morgan fingerprint density at radius 3 is 2.23 bits per heavy atom. The Labute approximate surface area is 177 Å². The molecule has 0 aliphatic carbocycles. The minimum Gasteiger partial charge on any atom is -0.436 e. The van der Waals surface area contributed by atoms with E-state index in [1.165, 1.54) is 0 Å². The summed E-state index contributed by atoms with van der Waals surface area (Å²) in [6, 6.07) is 24.0. The van der Waals surface area contributed by atoms with Gasteiger partial charge in [-0.2, -0.15) is 0 Å². The van der Waals surface area contributed by atoms with Crippen molar-refractivity contribution in [3.05, 3.63) is 72.8 Å². The van der Waals surface area contributed by atoms with Gasteiger partial charge in [0.25, 0.3) is 0 Å². The van der Waals surface area contributed by atoms with E-state index in [2.05, 4.69) is 29.2 Å². The van der Waals surface area contributed by atoms with Crippen LogP contribution in [0.5, 0.6) is 0 Å². The highest BCUT2D eigenvalue weighted by Gasteiger charge is 2.35. The maximum atomic E-state index is 10.3. The summed E-state index contributed by atoms with van der Waals surface area (Å²) in [6.45, 7) is 7.23. The lowest BCUT2D eigenvalue weighted by Crippen LogP contribution is -2.49. The Balaban J connectivity index is 1.59. The monoisotopic (exact) mass is 398 g/mol. The smallest absolute Gasteiger partial charge is 0.330 e. The van der Waals surface area contributed by atoms with Gasteiger partial charge in [0.1, 0.15) is 5.52 Å². The zero-order chi connectivity index (χ0) is 21.4. The van der Waals surface area contributed by atoms with E-state index in [0.29, 0.717) is 5.89 Å². The van der Waals surface area contributed by atoms with Crippen molar-refractivity contribution in [1.29, 1.82) is 0 Å². The molecule has 30 heavy (non-hydrogen) atoms. The molecular weight excluding hydrogens is 373 g/mol. The zero-order valence-electron chi connectivity index (χ0n) is 17.7. The molecule has 0 spiro atoms. The molecule has 1 radical (unpaired) electrons. The third kappa shape index (κ3) is 4.18. The first-order chi connectivity index (χ1) is 14.2. The van der Waals surface area contributed by atoms with Gasteiger partial charge in [-0.3, -0.25) is 0 Å². The number of hydrogen-bond donors (Lipinski definition) is 1. The predicted molar refractivity (Wildman–Crippen MR) is 122 cm³/mol. The molecule has 1 heterocycles. The van der Waals surface area contributed by atoms with E-state index < -0.39 is 11.2 Å². The number of aliphatic hydroxyl groups is 1. The number of benzene rings is 3. The first-order valence-electron chi connectivity index (χ1n) is 10.0. The van der Waals surface area contributed by atoms with Crippen molar-refractivity contribution in [2.75, 3.05) is 0 Å². The second kappa shape index (κ2) is 7.75. The fraction of sp³-hybridized carbons (Fsp3) is 0.240. The summed E-state index contributed by atoms with van der Waals surface area (Å²) in [6.07, 6.45) is 0. The fourth-order valence-corrected chi connectivity index (χ4v) is 2.98. The summed E-state index contributed by atoms with van der Waals surface area (Å²) < 4.78 is 11.8. The maximum absolute atomic E-state index is 10.3. The van der Waals surface area contributed by atoms with Crippen LogP contribution in [0.2, 0.25) is 0 Å². The molecule has 0 atom stereocenters. The van der Waals surface area contributed by atoms with Gasteiger partial charge < -0.3 is 14.2 Å². The quantitative estimate of drug-likeness (QED) is 0.466. The summed E-state index contributed by atoms with van der Waals surface area (Å²) in [5, 5.41) is 10.3. The molecular formula is C25H25BNO3. The van der Waals surface area contributed by atoms with Gasteiger partial charge in [0, 0.05) is 5.56 Å². The van der Waals surface area contributed by atoms with Gasteiger partial charge in [-0.25, -0.2) is 4.98 Å². The van der Waals surface area contributed by atoms with Crippen LogP contribution >= 0.6 is 0 Å². The van der Waals surface area contributed by atoms with E-state index in [1.807, 2.05) is 62.4 Å². The van der Waals surface area contributed by atoms with Crippen LogP contribution in [0.4, 0.5) is 0 Å². The third-order valence-electron chi connectivity index (χ3n) is 5.59. The van der Waals surface area contributed by atoms with Crippen molar-refractivity contribution in [3.63, 3.8) is 0 Å². The third-order valence-corrected chi connectivity index (χ3v) is 5.59. The molecule has 0 saturated carbocycles. The molecule has 4 rings (SSSR count). The molecule has 5 heteroatoms. The Hall–Kier alpha value is -2.89. The van der Waals surface area contributed by atoms with Crippen molar-refractivity contribution in [2.45, 2.75) is 38.9 Å². The number of para-hydroxylation sites is 2. The van der Waals surface area contributed by atoms with E-state index in [9.17, 15) is 5.11 Å².